The summed E-state index contributed by atoms with van der Waals surface area (Å²) in [5, 5.41) is 2.41. The first kappa shape index (κ1) is 30.8. The van der Waals surface area contributed by atoms with Crippen LogP contribution in [0.2, 0.25) is 0 Å². The van der Waals surface area contributed by atoms with Crippen molar-refractivity contribution in [3.05, 3.63) is 223 Å². The Balaban J connectivity index is 1.35. The summed E-state index contributed by atoms with van der Waals surface area (Å²) in [6.07, 6.45) is 3.65. The van der Waals surface area contributed by atoms with Gasteiger partial charge in [0.05, 0.1) is 28.2 Å². The molecule has 1 aliphatic carbocycles. The van der Waals surface area contributed by atoms with Crippen molar-refractivity contribution >= 4 is 10.8 Å². The van der Waals surface area contributed by atoms with Crippen LogP contribution in [0.4, 0.5) is 0 Å². The normalized spacial score (nSPS) is 12.7. The van der Waals surface area contributed by atoms with E-state index in [1.165, 1.54) is 49.7 Å². The molecule has 0 spiro atoms. The average molecular weight is 676 g/mol. The zero-order chi connectivity index (χ0) is 35.2. The molecule has 0 atom stereocenters. The van der Waals surface area contributed by atoms with Crippen LogP contribution in [0.1, 0.15) is 22.3 Å². The fourth-order valence-corrected chi connectivity index (χ4v) is 8.39. The summed E-state index contributed by atoms with van der Waals surface area (Å²) in [6, 6.07) is 67.5. The van der Waals surface area contributed by atoms with E-state index in [-0.39, 0.29) is 0 Å². The highest BCUT2D eigenvalue weighted by atomic mass is 14.8. The molecule has 6 aromatic carbocycles. The first-order valence-electron chi connectivity index (χ1n) is 18.0. The van der Waals surface area contributed by atoms with Crippen molar-refractivity contribution in [3.8, 4) is 56.2 Å². The Kier molecular flexibility index (Phi) is 7.36. The van der Waals surface area contributed by atoms with E-state index in [4.69, 9.17) is 15.0 Å². The van der Waals surface area contributed by atoms with Gasteiger partial charge in [0.1, 0.15) is 0 Å². The molecule has 0 fully saturated rings. The molecular formula is C50H33N3. The third-order valence-electron chi connectivity index (χ3n) is 10.7. The molecule has 9 aromatic rings. The zero-order valence-corrected chi connectivity index (χ0v) is 28.9. The maximum absolute atomic E-state index is 5.14. The molecular weight excluding hydrogens is 643 g/mol. The van der Waals surface area contributed by atoms with Crippen LogP contribution < -0.4 is 0 Å². The van der Waals surface area contributed by atoms with Gasteiger partial charge < -0.3 is 0 Å². The second kappa shape index (κ2) is 12.7. The molecule has 248 valence electrons. The fraction of sp³-hybridized carbons (Fsp3) is 0.0200. The van der Waals surface area contributed by atoms with E-state index in [2.05, 4.69) is 152 Å². The summed E-state index contributed by atoms with van der Waals surface area (Å²) in [5.74, 6) is 0. The van der Waals surface area contributed by atoms with E-state index in [1.807, 2.05) is 48.8 Å². The van der Waals surface area contributed by atoms with E-state index in [9.17, 15) is 0 Å². The van der Waals surface area contributed by atoms with E-state index in [0.717, 1.165) is 39.5 Å². The fourth-order valence-electron chi connectivity index (χ4n) is 8.39. The number of nitrogens with zero attached hydrogens (tertiary/aromatic N) is 3. The van der Waals surface area contributed by atoms with Crippen molar-refractivity contribution in [3.63, 3.8) is 0 Å². The summed E-state index contributed by atoms with van der Waals surface area (Å²) in [5.41, 5.74) is 14.7. The van der Waals surface area contributed by atoms with E-state index >= 15 is 0 Å². The van der Waals surface area contributed by atoms with Gasteiger partial charge in [-0.15, -0.1) is 0 Å². The largest absolute Gasteiger partial charge is 0.255 e. The minimum Gasteiger partial charge on any atom is -0.255 e. The number of aromatic nitrogens is 3. The third-order valence-corrected chi connectivity index (χ3v) is 10.7. The summed E-state index contributed by atoms with van der Waals surface area (Å²) >= 11 is 0. The molecule has 1 aliphatic rings. The molecule has 3 aromatic heterocycles. The maximum Gasteiger partial charge on any atom is 0.0900 e. The first-order valence-corrected chi connectivity index (χ1v) is 18.0. The predicted molar refractivity (Wildman–Crippen MR) is 216 cm³/mol. The van der Waals surface area contributed by atoms with Gasteiger partial charge in [-0.1, -0.05) is 140 Å². The number of hydrogen-bond acceptors (Lipinski definition) is 3. The number of rotatable bonds is 6. The molecule has 3 nitrogen and oxygen atoms in total. The van der Waals surface area contributed by atoms with Crippen molar-refractivity contribution in [2.75, 3.05) is 0 Å². The van der Waals surface area contributed by atoms with Crippen LogP contribution in [0.15, 0.2) is 200 Å². The summed E-state index contributed by atoms with van der Waals surface area (Å²) in [6.45, 7) is 0. The Morgan fingerprint density at radius 2 is 0.906 bits per heavy atom. The SMILES string of the molecule is c1ccc(C2(c3ccccc3)c3ccccc3-c3cc(-c4cc(-c5ccccn5)nc(-c5ccccn5)c4)c(-c4cccc5ccccc45)cc32)cc1. The lowest BCUT2D eigenvalue weighted by molar-refractivity contribution is 0.769. The van der Waals surface area contributed by atoms with Crippen LogP contribution in [-0.4, -0.2) is 15.0 Å². The van der Waals surface area contributed by atoms with E-state index in [1.54, 1.807) is 0 Å². The van der Waals surface area contributed by atoms with Gasteiger partial charge in [-0.05, 0) is 115 Å². The molecule has 3 heteroatoms. The zero-order valence-electron chi connectivity index (χ0n) is 28.9. The number of hydrogen-bond donors (Lipinski definition) is 0. The topological polar surface area (TPSA) is 38.7 Å². The number of pyridine rings is 3. The van der Waals surface area contributed by atoms with Crippen LogP contribution in [0.3, 0.4) is 0 Å². The monoisotopic (exact) mass is 675 g/mol. The first-order chi connectivity index (χ1) is 26.3. The molecule has 0 unspecified atom stereocenters. The Morgan fingerprint density at radius 3 is 1.57 bits per heavy atom. The lowest BCUT2D eigenvalue weighted by Gasteiger charge is -2.34. The second-order valence-electron chi connectivity index (χ2n) is 13.6. The second-order valence-corrected chi connectivity index (χ2v) is 13.6. The Hall–Kier alpha value is -6.97. The van der Waals surface area contributed by atoms with Gasteiger partial charge in [0, 0.05) is 12.4 Å². The Labute approximate surface area is 309 Å². The van der Waals surface area contributed by atoms with Gasteiger partial charge >= 0.3 is 0 Å². The average Bonchev–Trinajstić information content (AvgIpc) is 3.54. The molecule has 0 saturated heterocycles. The standard InChI is InChI=1S/C50H33N3/c1-3-18-36(19-4-1)50(37-20-5-2-6-21-37)44-25-10-9-23-40(44)43-32-41(42(33-45(43)50)39-24-15-17-34-16-7-8-22-38(34)39)35-30-48(46-26-11-13-28-51-46)53-49(31-35)47-27-12-14-29-52-47/h1-33H. The molecule has 0 N–H and O–H groups in total. The molecule has 0 aliphatic heterocycles. The van der Waals surface area contributed by atoms with Crippen LogP contribution in [0.5, 0.6) is 0 Å². The third kappa shape index (κ3) is 5.01. The number of benzene rings is 6. The minimum atomic E-state index is -0.525. The smallest absolute Gasteiger partial charge is 0.0900 e. The van der Waals surface area contributed by atoms with Gasteiger partial charge in [0.2, 0.25) is 0 Å². The summed E-state index contributed by atoms with van der Waals surface area (Å²) < 4.78 is 0. The molecule has 10 rings (SSSR count). The van der Waals surface area contributed by atoms with Crippen LogP contribution in [-0.2, 0) is 5.41 Å². The van der Waals surface area contributed by atoms with Crippen LogP contribution >= 0.6 is 0 Å². The summed E-state index contributed by atoms with van der Waals surface area (Å²) in [4.78, 5) is 14.6. The van der Waals surface area contributed by atoms with E-state index in [0.29, 0.717) is 0 Å². The molecule has 3 heterocycles. The summed E-state index contributed by atoms with van der Waals surface area (Å²) in [7, 11) is 0. The lowest BCUT2D eigenvalue weighted by atomic mass is 9.67. The van der Waals surface area contributed by atoms with Crippen molar-refractivity contribution < 1.29 is 0 Å². The molecule has 0 amide bonds. The van der Waals surface area contributed by atoms with Gasteiger partial charge in [0.15, 0.2) is 0 Å². The predicted octanol–water partition coefficient (Wildman–Crippen LogP) is 12.1. The van der Waals surface area contributed by atoms with Crippen molar-refractivity contribution in [1.29, 1.82) is 0 Å². The highest BCUT2D eigenvalue weighted by Gasteiger charge is 2.46. The van der Waals surface area contributed by atoms with Crippen molar-refractivity contribution in [2.24, 2.45) is 0 Å². The van der Waals surface area contributed by atoms with Crippen LogP contribution in [0.25, 0.3) is 66.9 Å². The Morgan fingerprint density at radius 1 is 0.340 bits per heavy atom. The lowest BCUT2D eigenvalue weighted by Crippen LogP contribution is -2.28. The maximum atomic E-state index is 5.14. The molecule has 53 heavy (non-hydrogen) atoms. The van der Waals surface area contributed by atoms with Crippen LogP contribution in [0, 0.1) is 0 Å². The molecule has 0 bridgehead atoms. The highest BCUT2D eigenvalue weighted by Crippen LogP contribution is 2.58. The minimum absolute atomic E-state index is 0.525. The van der Waals surface area contributed by atoms with Crippen molar-refractivity contribution in [1.82, 2.24) is 15.0 Å². The quantitative estimate of drug-likeness (QED) is 0.176. The van der Waals surface area contributed by atoms with Gasteiger partial charge in [-0.25, -0.2) is 4.98 Å². The molecule has 0 radical (unpaired) electrons. The van der Waals surface area contributed by atoms with Gasteiger partial charge in [0.25, 0.3) is 0 Å². The number of fused-ring (bicyclic) bond motifs is 4. The van der Waals surface area contributed by atoms with Crippen molar-refractivity contribution in [2.45, 2.75) is 5.41 Å². The van der Waals surface area contributed by atoms with E-state index < -0.39 is 5.41 Å². The Bertz CT molecular complexity index is 2660. The van der Waals surface area contributed by atoms with Gasteiger partial charge in [-0.2, -0.15) is 0 Å². The van der Waals surface area contributed by atoms with Gasteiger partial charge in [-0.3, -0.25) is 9.97 Å². The molecule has 0 saturated carbocycles. The highest BCUT2D eigenvalue weighted by molar-refractivity contribution is 6.03.